The van der Waals surface area contributed by atoms with Gasteiger partial charge in [-0.05, 0) is 0 Å². The van der Waals surface area contributed by atoms with Crippen molar-refractivity contribution < 1.29 is 35.9 Å². The first-order chi connectivity index (χ1) is 14.9. The fraction of sp³-hybridized carbons (Fsp3) is 0.238. The van der Waals surface area contributed by atoms with Crippen molar-refractivity contribution in [2.75, 3.05) is 0 Å². The number of hydrogen-bond acceptors (Lipinski definition) is 3. The Morgan fingerprint density at radius 3 is 2.16 bits per heavy atom. The van der Waals surface area contributed by atoms with Crippen LogP contribution in [-0.2, 0) is 23.6 Å². The Bertz CT molecular complexity index is 1170. The molecule has 5 rings (SSSR count). The predicted molar refractivity (Wildman–Crippen MR) is 108 cm³/mol. The van der Waals surface area contributed by atoms with E-state index in [0.717, 1.165) is 41.7 Å². The number of imide groups is 1. The number of alkyl halides is 6. The van der Waals surface area contributed by atoms with Crippen LogP contribution in [0.4, 0.5) is 31.1 Å². The van der Waals surface area contributed by atoms with E-state index >= 15 is 0 Å². The molecule has 2 aromatic rings. The van der Waals surface area contributed by atoms with Crippen LogP contribution in [0.5, 0.6) is 0 Å². The van der Waals surface area contributed by atoms with Gasteiger partial charge in [-0.25, -0.2) is 0 Å². The minimum atomic E-state index is -4.91. The van der Waals surface area contributed by atoms with Gasteiger partial charge in [0.25, 0.3) is 0 Å². The summed E-state index contributed by atoms with van der Waals surface area (Å²) in [7, 11) is 0. The second-order valence-corrected chi connectivity index (χ2v) is 17.8. The number of rotatable bonds is 3. The third-order valence-electron chi connectivity index (χ3n) is 6.06. The van der Waals surface area contributed by atoms with Gasteiger partial charge in [0.15, 0.2) is 0 Å². The molecule has 0 radical (unpaired) electrons. The Hall–Kier alpha value is -1.88. The van der Waals surface area contributed by atoms with Crippen molar-refractivity contribution in [2.24, 2.45) is 0 Å². The minimum absolute atomic E-state index is 0.0364. The van der Waals surface area contributed by atoms with E-state index < -0.39 is 55.4 Å². The van der Waals surface area contributed by atoms with Crippen LogP contribution < -0.4 is 8.64 Å². The molecule has 0 aliphatic carbocycles. The topological polar surface area (TPSA) is 46.2 Å². The standard InChI is InChI=1S/C21H12F6NO2S.In/c22-20(23,24)15-8-12(9-16(11-15)21(25,26)27)4-3-7-13-5-1-2-6-14(13)10-17-18(29)28-19(30)31-17;/h1-2,6-11,17H,4H2,(H,28,29,30);. The molecule has 4 bridgehead atoms. The van der Waals surface area contributed by atoms with Crippen molar-refractivity contribution >= 4 is 53.7 Å². The predicted octanol–water partition coefficient (Wildman–Crippen LogP) is 4.59. The zero-order chi connectivity index (χ0) is 23.0. The number of hydrogen-bond donors (Lipinski definition) is 1. The van der Waals surface area contributed by atoms with Crippen LogP contribution in [0.3, 0.4) is 0 Å². The van der Waals surface area contributed by atoms with Crippen LogP contribution in [0.2, 0.25) is 0 Å². The molecular formula is C21H12F6InNO2S. The van der Waals surface area contributed by atoms with Crippen LogP contribution >= 0.6 is 11.8 Å². The van der Waals surface area contributed by atoms with Crippen molar-refractivity contribution in [1.82, 2.24) is 5.32 Å². The van der Waals surface area contributed by atoms with E-state index in [2.05, 4.69) is 5.32 Å². The molecule has 3 aliphatic heterocycles. The van der Waals surface area contributed by atoms with Gasteiger partial charge in [-0.2, -0.15) is 0 Å². The molecule has 2 aromatic carbocycles. The number of carbonyl (C=O) groups is 2. The molecule has 0 aromatic heterocycles. The van der Waals surface area contributed by atoms with Gasteiger partial charge in [0.2, 0.25) is 0 Å². The molecular weight excluding hydrogens is 559 g/mol. The Morgan fingerprint density at radius 1 is 0.969 bits per heavy atom. The molecule has 32 heavy (non-hydrogen) atoms. The zero-order valence-electron chi connectivity index (χ0n) is 16.0. The average Bonchev–Trinajstić information content (AvgIpc) is 3.25. The maximum absolute atomic E-state index is 13.2. The van der Waals surface area contributed by atoms with E-state index in [1.165, 1.54) is 0 Å². The van der Waals surface area contributed by atoms with Crippen LogP contribution in [-0.4, -0.2) is 37.8 Å². The monoisotopic (exact) mass is 571 g/mol. The molecule has 1 N–H and O–H groups in total. The summed E-state index contributed by atoms with van der Waals surface area (Å²) in [5.41, 5.74) is -0.861. The first kappa shape index (κ1) is 21.9. The maximum atomic E-state index is 13.2. The van der Waals surface area contributed by atoms with Crippen molar-refractivity contribution in [1.29, 1.82) is 0 Å². The summed E-state index contributed by atoms with van der Waals surface area (Å²) < 4.78 is 81.2. The SMILES string of the molecule is O=C1NC(=O)C([CH]2c3ccc[c]4c3C=[C](Cc3cc(C(F)(F)F)cc(C(F)(F)F)c3)[In]42)S1. The molecule has 2 atom stereocenters. The second-order valence-electron chi connectivity index (χ2n) is 7.98. The Balaban J connectivity index is 1.53. The number of allylic oxidation sites excluding steroid dienone is 1. The third kappa shape index (κ3) is 3.57. The fourth-order valence-corrected chi connectivity index (χ4v) is 19.2. The molecule has 0 saturated carbocycles. The normalized spacial score (nSPS) is 21.9. The van der Waals surface area contributed by atoms with Gasteiger partial charge in [-0.3, -0.25) is 0 Å². The van der Waals surface area contributed by atoms with Crippen LogP contribution in [0.25, 0.3) is 6.08 Å². The van der Waals surface area contributed by atoms with Gasteiger partial charge in [-0.1, -0.05) is 0 Å². The summed E-state index contributed by atoms with van der Waals surface area (Å²) in [6.07, 6.45) is -7.98. The summed E-state index contributed by atoms with van der Waals surface area (Å²) in [6.45, 7) is 0. The van der Waals surface area contributed by atoms with E-state index in [-0.39, 0.29) is 27.6 Å². The number of benzene rings is 2. The van der Waals surface area contributed by atoms with Crippen molar-refractivity contribution in [2.45, 2.75) is 27.7 Å². The van der Waals surface area contributed by atoms with E-state index in [1.54, 1.807) is 0 Å². The molecule has 2 unspecified atom stereocenters. The van der Waals surface area contributed by atoms with Gasteiger partial charge in [-0.15, -0.1) is 0 Å². The van der Waals surface area contributed by atoms with E-state index in [4.69, 9.17) is 0 Å². The summed E-state index contributed by atoms with van der Waals surface area (Å²) in [6, 6.07) is 7.31. The van der Waals surface area contributed by atoms with Crippen molar-refractivity contribution in [3.05, 3.63) is 67.5 Å². The van der Waals surface area contributed by atoms with Gasteiger partial charge < -0.3 is 0 Å². The number of carbonyl (C=O) groups excluding carboxylic acids is 2. The molecule has 3 heterocycles. The van der Waals surface area contributed by atoms with E-state index in [9.17, 15) is 35.9 Å². The molecule has 1 saturated heterocycles. The summed E-state index contributed by atoms with van der Waals surface area (Å²) >= 11 is -2.13. The van der Waals surface area contributed by atoms with Crippen molar-refractivity contribution in [3.8, 4) is 0 Å². The molecule has 0 spiro atoms. The number of thioether (sulfide) groups is 1. The summed E-state index contributed by atoms with van der Waals surface area (Å²) in [5.74, 6) is -0.389. The van der Waals surface area contributed by atoms with Crippen LogP contribution in [0.15, 0.2) is 39.7 Å². The Labute approximate surface area is 189 Å². The van der Waals surface area contributed by atoms with Crippen LogP contribution in [0.1, 0.15) is 31.5 Å². The summed E-state index contributed by atoms with van der Waals surface area (Å²) in [4.78, 5) is 24.1. The fourth-order valence-electron chi connectivity index (χ4n) is 4.87. The third-order valence-corrected chi connectivity index (χ3v) is 18.8. The number of nitrogens with one attached hydrogen (secondary N) is 1. The molecule has 3 nitrogen and oxygen atoms in total. The average molecular weight is 571 g/mol. The molecule has 2 amide bonds. The summed E-state index contributed by atoms with van der Waals surface area (Å²) in [5, 5.41) is 1.23. The Morgan fingerprint density at radius 2 is 1.62 bits per heavy atom. The molecule has 3 aliphatic rings. The van der Waals surface area contributed by atoms with Crippen LogP contribution in [0, 0.1) is 0 Å². The van der Waals surface area contributed by atoms with Gasteiger partial charge in [0.1, 0.15) is 0 Å². The quantitative estimate of drug-likeness (QED) is 0.549. The number of amides is 2. The molecule has 11 heteroatoms. The number of halogens is 6. The Kier molecular flexibility index (Phi) is 5.01. The van der Waals surface area contributed by atoms with Gasteiger partial charge in [0.05, 0.1) is 0 Å². The van der Waals surface area contributed by atoms with Crippen molar-refractivity contribution in [3.63, 3.8) is 0 Å². The van der Waals surface area contributed by atoms with Gasteiger partial charge >= 0.3 is 190 Å². The molecule has 164 valence electrons. The first-order valence-electron chi connectivity index (χ1n) is 9.56. The molecule has 1 fully saturated rings. The van der Waals surface area contributed by atoms with E-state index in [1.807, 2.05) is 24.3 Å². The van der Waals surface area contributed by atoms with E-state index in [0.29, 0.717) is 0 Å². The van der Waals surface area contributed by atoms with Gasteiger partial charge in [0, 0.05) is 0 Å². The second kappa shape index (κ2) is 7.31. The zero-order valence-corrected chi connectivity index (χ0v) is 20.1. The first-order valence-corrected chi connectivity index (χ1v) is 15.6.